The average Bonchev–Trinajstić information content (AvgIpc) is 3.23. The molecule has 34 heteroatoms. The second kappa shape index (κ2) is 29.0. The Kier molecular flexibility index (Phi) is 27.9. The molecule has 0 aliphatic heterocycles. The molecule has 6 rings (SSSR count). The predicted octanol–water partition coefficient (Wildman–Crippen LogP) is -2.66. The van der Waals surface area contributed by atoms with Crippen LogP contribution in [0.25, 0.3) is 12.2 Å². The topological polar surface area (TPSA) is 397 Å². The number of hydrogen-bond acceptors (Lipinski definition) is 20. The Labute approximate surface area is 519 Å². The Bertz CT molecular complexity index is 3350. The number of hydrogen-bond donors (Lipinski definition) is 8. The van der Waals surface area contributed by atoms with E-state index in [1.165, 1.54) is 48.5 Å². The summed E-state index contributed by atoms with van der Waals surface area (Å²) in [4.78, 5) is -2.51. The zero-order valence-electron chi connectivity index (χ0n) is 37.2. The minimum Gasteiger partial charge on any atom is -0.506 e. The van der Waals surface area contributed by atoms with Gasteiger partial charge in [0.05, 0.1) is 32.5 Å². The Hall–Kier alpha value is -2.66. The van der Waals surface area contributed by atoms with E-state index in [1.54, 1.807) is 0 Å². The van der Waals surface area contributed by atoms with Crippen LogP contribution in [0.15, 0.2) is 170 Å². The van der Waals surface area contributed by atoms with Crippen LogP contribution >= 0.6 is 0 Å². The van der Waals surface area contributed by atoms with Crippen molar-refractivity contribution >= 4 is 98.1 Å². The monoisotopic (exact) mass is 1200 g/mol. The van der Waals surface area contributed by atoms with E-state index in [0.29, 0.717) is 0 Å². The molecule has 8 N–H and O–H groups in total. The predicted molar refractivity (Wildman–Crippen MR) is 230 cm³/mol. The van der Waals surface area contributed by atoms with Gasteiger partial charge in [-0.3, -0.25) is 18.2 Å². The van der Waals surface area contributed by atoms with E-state index < -0.39 is 83.1 Å². The van der Waals surface area contributed by atoms with Gasteiger partial charge in [0.25, 0.3) is 40.5 Å². The Morgan fingerprint density at radius 3 is 0.903 bits per heavy atom. The van der Waals surface area contributed by atoms with Gasteiger partial charge in [-0.05, 0) is 96.1 Å². The van der Waals surface area contributed by atoms with E-state index in [-0.39, 0.29) is 209 Å². The molecule has 362 valence electrons. The first kappa shape index (κ1) is 69.3. The van der Waals surface area contributed by atoms with Crippen LogP contribution < -0.4 is 118 Å². The molecule has 0 aliphatic rings. The van der Waals surface area contributed by atoms with Gasteiger partial charge in [-0.15, -0.1) is 20.5 Å². The third-order valence-electron chi connectivity index (χ3n) is 8.49. The van der Waals surface area contributed by atoms with Gasteiger partial charge in [0.15, 0.2) is 0 Å². The fourth-order valence-electron chi connectivity index (χ4n) is 5.32. The van der Waals surface area contributed by atoms with E-state index in [4.69, 9.17) is 0 Å². The third-order valence-corrected chi connectivity index (χ3v) is 12.0. The zero-order valence-corrected chi connectivity index (χ0v) is 50.4. The summed E-state index contributed by atoms with van der Waals surface area (Å²) in [6.45, 7) is 0. The first-order chi connectivity index (χ1) is 30.8. The standard InChI is InChI=1S/C38H28N8O16S4.2Cu.4Na/c47-33-13-9-27(63(51,52)53)19-31(33)45-43-29-11-7-23(15-35(29)49)39-41-25-5-3-21(37(17-25)65(57,58)59)1-2-22-4-6-26(18-38(22)66(60,61)62)42-40-24-8-12-30(36(50)16-24)44-46-32-20-28(64(54,55)56)10-14-34(32)48;;;;;;/h1-20,47-50H,(H,51,52,53)(H,54,55,56)(H,57,58,59)(H,60,61,62);;;;;;/q;;;4*+1/b2-1+,41-39?,42-40?,45-43?,46-44?;;;;;;. The normalized spacial score (nSPS) is 11.9. The van der Waals surface area contributed by atoms with Gasteiger partial charge in [-0.2, -0.15) is 54.1 Å². The molecule has 0 unspecified atom stereocenters. The molecule has 6 aromatic carbocycles. The van der Waals surface area contributed by atoms with Crippen LogP contribution in [0.4, 0.5) is 45.5 Å². The van der Waals surface area contributed by atoms with Crippen molar-refractivity contribution in [3.05, 3.63) is 120 Å². The maximum atomic E-state index is 12.4. The number of nitrogens with zero attached hydrogens (tertiary/aromatic N) is 8. The first-order valence-electron chi connectivity index (χ1n) is 17.7. The molecule has 2 radical (unpaired) electrons. The molecule has 0 aliphatic carbocycles. The van der Waals surface area contributed by atoms with Gasteiger partial charge < -0.3 is 20.4 Å². The molecular weight excluding hydrogens is 1170 g/mol. The van der Waals surface area contributed by atoms with Crippen molar-refractivity contribution < 1.29 is 225 Å². The number of phenolic OH excluding ortho intramolecular Hbond substituents is 4. The molecule has 0 saturated carbocycles. The smallest absolute Gasteiger partial charge is 0.506 e. The van der Waals surface area contributed by atoms with Crippen LogP contribution in [-0.2, 0) is 74.6 Å². The van der Waals surface area contributed by atoms with Gasteiger partial charge >= 0.3 is 118 Å². The summed E-state index contributed by atoms with van der Waals surface area (Å²) in [6.07, 6.45) is 2.24. The van der Waals surface area contributed by atoms with Crippen molar-refractivity contribution in [1.82, 2.24) is 0 Å². The molecule has 0 bridgehead atoms. The van der Waals surface area contributed by atoms with Crippen molar-refractivity contribution in [1.29, 1.82) is 0 Å². The van der Waals surface area contributed by atoms with Gasteiger partial charge in [-0.1, -0.05) is 24.3 Å². The van der Waals surface area contributed by atoms with Gasteiger partial charge in [0.2, 0.25) is 0 Å². The van der Waals surface area contributed by atoms with E-state index >= 15 is 0 Å². The number of aromatic hydroxyl groups is 4. The molecule has 0 saturated heterocycles. The molecule has 0 spiro atoms. The summed E-state index contributed by atoms with van der Waals surface area (Å²) in [5.74, 6) is -1.95. The molecule has 0 aromatic heterocycles. The van der Waals surface area contributed by atoms with Gasteiger partial charge in [0.1, 0.15) is 55.5 Å². The molecule has 0 amide bonds. The van der Waals surface area contributed by atoms with Crippen LogP contribution in [-0.4, -0.2) is 72.3 Å². The van der Waals surface area contributed by atoms with Crippen molar-refractivity contribution in [3.63, 3.8) is 0 Å². The largest absolute Gasteiger partial charge is 1.00 e. The Balaban J connectivity index is 0.00000840. The molecule has 24 nitrogen and oxygen atoms in total. The minimum atomic E-state index is -4.95. The molecule has 6 aromatic rings. The van der Waals surface area contributed by atoms with E-state index in [0.717, 1.165) is 72.8 Å². The Morgan fingerprint density at radius 1 is 0.319 bits per heavy atom. The SMILES string of the molecule is O=S(=O)(O)c1ccc(O)c(N=Nc2ccc(N=Nc3ccc(/C=C/c4ccc(N=Nc5ccc(N=Nc6cc(S(=O)(=O)O)ccc6O)c(O)c5)cc4S(=O)(=O)O)c(S(=O)(=O)O)c3)cc2O)c1.[Cu].[Cu].[Na+].[Na+].[Na+].[Na+]. The van der Waals surface area contributed by atoms with E-state index in [1.807, 2.05) is 0 Å². The summed E-state index contributed by atoms with van der Waals surface area (Å²) in [6, 6.07) is 19.5. The fraction of sp³-hybridized carbons (Fsp3) is 0. The maximum absolute atomic E-state index is 12.4. The van der Waals surface area contributed by atoms with Crippen molar-refractivity contribution in [2.24, 2.45) is 40.9 Å². The molecule has 72 heavy (non-hydrogen) atoms. The summed E-state index contributed by atoms with van der Waals surface area (Å²) in [5.41, 5.74) is -1.51. The van der Waals surface area contributed by atoms with Crippen LogP contribution in [0.2, 0.25) is 0 Å². The average molecular weight is 1200 g/mol. The van der Waals surface area contributed by atoms with Crippen molar-refractivity contribution in [3.8, 4) is 23.0 Å². The number of phenols is 4. The van der Waals surface area contributed by atoms with Crippen molar-refractivity contribution in [2.75, 3.05) is 0 Å². The molecular formula is C38H28Cu2N8Na4O16S4+4. The maximum Gasteiger partial charge on any atom is 1.00 e. The van der Waals surface area contributed by atoms with E-state index in [9.17, 15) is 72.3 Å². The third kappa shape index (κ3) is 19.2. The van der Waals surface area contributed by atoms with Crippen LogP contribution in [0, 0.1) is 0 Å². The van der Waals surface area contributed by atoms with Gasteiger partial charge in [-0.25, -0.2) is 0 Å². The summed E-state index contributed by atoms with van der Waals surface area (Å²) < 4.78 is 134. The quantitative estimate of drug-likeness (QED) is 0.0239. The number of benzene rings is 6. The summed E-state index contributed by atoms with van der Waals surface area (Å²) in [5, 5.41) is 71.3. The minimum absolute atomic E-state index is 0. The summed E-state index contributed by atoms with van der Waals surface area (Å²) >= 11 is 0. The number of rotatable bonds is 14. The van der Waals surface area contributed by atoms with Crippen LogP contribution in [0.3, 0.4) is 0 Å². The second-order valence-corrected chi connectivity index (χ2v) is 18.7. The van der Waals surface area contributed by atoms with Crippen LogP contribution in [0.5, 0.6) is 23.0 Å². The molecule has 0 heterocycles. The molecule has 0 atom stereocenters. The number of azo groups is 4. The zero-order chi connectivity index (χ0) is 48.2. The first-order valence-corrected chi connectivity index (χ1v) is 23.5. The van der Waals surface area contributed by atoms with Crippen molar-refractivity contribution in [2.45, 2.75) is 19.6 Å². The molecule has 0 fully saturated rings. The van der Waals surface area contributed by atoms with Gasteiger partial charge in [0, 0.05) is 46.3 Å². The van der Waals surface area contributed by atoms with E-state index in [2.05, 4.69) is 40.9 Å². The Morgan fingerprint density at radius 2 is 0.611 bits per heavy atom. The fourth-order valence-corrected chi connectivity index (χ4v) is 7.73. The van der Waals surface area contributed by atoms with Crippen LogP contribution in [0.1, 0.15) is 11.1 Å². The second-order valence-electron chi connectivity index (χ2n) is 13.1. The summed E-state index contributed by atoms with van der Waals surface area (Å²) in [7, 11) is -19.1.